The molecular formula is C16H22N2O7. The summed E-state index contributed by atoms with van der Waals surface area (Å²) >= 11 is 0. The Hall–Kier alpha value is -2.97. The first-order valence-electron chi connectivity index (χ1n) is 7.51. The summed E-state index contributed by atoms with van der Waals surface area (Å²) in [5.41, 5.74) is 0.187. The van der Waals surface area contributed by atoms with Gasteiger partial charge >= 0.3 is 18.0 Å². The van der Waals surface area contributed by atoms with E-state index in [1.165, 1.54) is 38.3 Å². The van der Waals surface area contributed by atoms with Gasteiger partial charge in [0, 0.05) is 25.7 Å². The molecule has 0 bridgehead atoms. The molecular weight excluding hydrogens is 332 g/mol. The second-order valence-electron chi connectivity index (χ2n) is 4.97. The van der Waals surface area contributed by atoms with E-state index in [1.807, 2.05) is 0 Å². The number of amides is 2. The summed E-state index contributed by atoms with van der Waals surface area (Å²) in [6, 6.07) is 2.37. The molecule has 0 atom stereocenters. The Bertz CT molecular complexity index is 646. The smallest absolute Gasteiger partial charge is 0.344 e. The summed E-state index contributed by atoms with van der Waals surface area (Å²) in [4.78, 5) is 36.3. The van der Waals surface area contributed by atoms with Gasteiger partial charge in [0.15, 0.2) is 0 Å². The van der Waals surface area contributed by atoms with Gasteiger partial charge in [-0.15, -0.1) is 0 Å². The van der Waals surface area contributed by atoms with Crippen LogP contribution in [0, 0.1) is 0 Å². The highest BCUT2D eigenvalue weighted by molar-refractivity contribution is 6.03. The Morgan fingerprint density at radius 3 is 2.40 bits per heavy atom. The molecule has 0 saturated carbocycles. The van der Waals surface area contributed by atoms with Gasteiger partial charge in [-0.2, -0.15) is 0 Å². The van der Waals surface area contributed by atoms with Crippen molar-refractivity contribution in [2.24, 2.45) is 0 Å². The van der Waals surface area contributed by atoms with E-state index in [0.29, 0.717) is 5.75 Å². The van der Waals surface area contributed by atoms with Gasteiger partial charge in [-0.1, -0.05) is 0 Å². The maximum absolute atomic E-state index is 12.2. The van der Waals surface area contributed by atoms with E-state index in [0.717, 1.165) is 0 Å². The Morgan fingerprint density at radius 1 is 1.20 bits per heavy atom. The highest BCUT2D eigenvalue weighted by Crippen LogP contribution is 2.33. The number of rotatable bonds is 8. The highest BCUT2D eigenvalue weighted by Gasteiger charge is 2.23. The van der Waals surface area contributed by atoms with E-state index in [9.17, 15) is 14.4 Å². The molecule has 0 aliphatic heterocycles. The predicted molar refractivity (Wildman–Crippen MR) is 89.4 cm³/mol. The van der Waals surface area contributed by atoms with Crippen LogP contribution in [0.15, 0.2) is 12.1 Å². The molecule has 0 unspecified atom stereocenters. The van der Waals surface area contributed by atoms with E-state index >= 15 is 0 Å². The van der Waals surface area contributed by atoms with Gasteiger partial charge in [-0.05, 0) is 6.92 Å². The van der Waals surface area contributed by atoms with Crippen LogP contribution in [0.1, 0.15) is 23.7 Å². The number of nitrogens with one attached hydrogen (secondary N) is 1. The predicted octanol–water partition coefficient (Wildman–Crippen LogP) is 1.82. The topological polar surface area (TPSA) is 114 Å². The van der Waals surface area contributed by atoms with E-state index in [4.69, 9.17) is 19.3 Å². The van der Waals surface area contributed by atoms with Crippen LogP contribution < -0.4 is 14.8 Å². The Kier molecular flexibility index (Phi) is 7.51. The van der Waals surface area contributed by atoms with Crippen molar-refractivity contribution in [3.05, 3.63) is 17.7 Å². The van der Waals surface area contributed by atoms with Crippen molar-refractivity contribution in [2.45, 2.75) is 13.3 Å². The summed E-state index contributed by atoms with van der Waals surface area (Å²) in [7, 11) is 4.26. The molecule has 138 valence electrons. The van der Waals surface area contributed by atoms with Crippen LogP contribution >= 0.6 is 0 Å². The molecule has 0 aliphatic rings. The van der Waals surface area contributed by atoms with Crippen LogP contribution in [0.2, 0.25) is 0 Å². The largest absolute Gasteiger partial charge is 0.497 e. The normalized spacial score (nSPS) is 9.92. The lowest BCUT2D eigenvalue weighted by atomic mass is 10.1. The number of esters is 1. The first-order valence-corrected chi connectivity index (χ1v) is 7.51. The Labute approximate surface area is 145 Å². The zero-order valence-corrected chi connectivity index (χ0v) is 14.6. The molecule has 1 rings (SSSR count). The summed E-state index contributed by atoms with van der Waals surface area (Å²) < 4.78 is 15.3. The van der Waals surface area contributed by atoms with Gasteiger partial charge in [-0.3, -0.25) is 4.79 Å². The number of hydrogen-bond acceptors (Lipinski definition) is 6. The van der Waals surface area contributed by atoms with Crippen molar-refractivity contribution in [3.8, 4) is 11.5 Å². The van der Waals surface area contributed by atoms with E-state index in [-0.39, 0.29) is 36.6 Å². The molecule has 2 N–H and O–H groups in total. The first-order chi connectivity index (χ1) is 11.8. The third-order valence-corrected chi connectivity index (χ3v) is 3.26. The van der Waals surface area contributed by atoms with Gasteiger partial charge in [-0.25, -0.2) is 9.59 Å². The molecule has 0 spiro atoms. The fourth-order valence-corrected chi connectivity index (χ4v) is 1.96. The molecule has 0 radical (unpaired) electrons. The summed E-state index contributed by atoms with van der Waals surface area (Å²) in [5.74, 6) is -1.13. The number of hydrogen-bond donors (Lipinski definition) is 2. The molecule has 1 aromatic carbocycles. The van der Waals surface area contributed by atoms with Gasteiger partial charge in [0.25, 0.3) is 0 Å². The van der Waals surface area contributed by atoms with E-state index in [1.54, 1.807) is 6.92 Å². The second kappa shape index (κ2) is 9.36. The third-order valence-electron chi connectivity index (χ3n) is 3.26. The zero-order valence-electron chi connectivity index (χ0n) is 14.6. The van der Waals surface area contributed by atoms with Crippen molar-refractivity contribution in [2.75, 3.05) is 39.7 Å². The molecule has 0 fully saturated rings. The first kappa shape index (κ1) is 20.1. The lowest BCUT2D eigenvalue weighted by molar-refractivity contribution is -0.137. The lowest BCUT2D eigenvalue weighted by Gasteiger charge is -2.20. The van der Waals surface area contributed by atoms with Crippen LogP contribution in [-0.2, 0) is 9.53 Å². The second-order valence-corrected chi connectivity index (χ2v) is 4.97. The number of carbonyl (C=O) groups excluding carboxylic acids is 2. The quantitative estimate of drug-likeness (QED) is 0.684. The molecule has 0 aromatic heterocycles. The number of ether oxygens (including phenoxy) is 3. The molecule has 9 heteroatoms. The molecule has 0 aliphatic carbocycles. The molecule has 1 aromatic rings. The number of carbonyl (C=O) groups is 3. The van der Waals surface area contributed by atoms with Gasteiger partial charge < -0.3 is 29.5 Å². The van der Waals surface area contributed by atoms with Crippen LogP contribution in [0.5, 0.6) is 11.5 Å². The third kappa shape index (κ3) is 5.55. The SMILES string of the molecule is CCOC(=O)c1c(NC(=O)N(C)CCC(=O)O)cc(OC)cc1OC. The molecule has 0 saturated heterocycles. The minimum absolute atomic E-state index is 0.0109. The van der Waals surface area contributed by atoms with Crippen LogP contribution in [0.4, 0.5) is 10.5 Å². The average molecular weight is 354 g/mol. The summed E-state index contributed by atoms with van der Waals surface area (Å²) in [6.07, 6.45) is -0.198. The lowest BCUT2D eigenvalue weighted by Crippen LogP contribution is -2.33. The fourth-order valence-electron chi connectivity index (χ4n) is 1.96. The van der Waals surface area contributed by atoms with Crippen molar-refractivity contribution < 1.29 is 33.7 Å². The number of anilines is 1. The summed E-state index contributed by atoms with van der Waals surface area (Å²) in [6.45, 7) is 1.82. The number of nitrogens with zero attached hydrogens (tertiary/aromatic N) is 1. The monoisotopic (exact) mass is 354 g/mol. The Balaban J connectivity index is 3.15. The molecule has 0 heterocycles. The molecule has 9 nitrogen and oxygen atoms in total. The number of urea groups is 1. The fraction of sp³-hybridized carbons (Fsp3) is 0.438. The van der Waals surface area contributed by atoms with E-state index in [2.05, 4.69) is 5.32 Å². The number of methoxy groups -OCH3 is 2. The van der Waals surface area contributed by atoms with Crippen molar-refractivity contribution in [1.82, 2.24) is 4.90 Å². The van der Waals surface area contributed by atoms with Gasteiger partial charge in [0.1, 0.15) is 17.1 Å². The number of aliphatic carboxylic acids is 1. The number of benzene rings is 1. The maximum atomic E-state index is 12.2. The minimum atomic E-state index is -1.02. The standard InChI is InChI=1S/C16H22N2O7/c1-5-25-15(21)14-11(8-10(23-3)9-12(14)24-4)17-16(22)18(2)7-6-13(19)20/h8-9H,5-7H2,1-4H3,(H,17,22)(H,19,20). The molecule has 2 amide bonds. The van der Waals surface area contributed by atoms with Gasteiger partial charge in [0.05, 0.1) is 32.9 Å². The van der Waals surface area contributed by atoms with Crippen LogP contribution in [0.3, 0.4) is 0 Å². The number of carboxylic acids is 1. The van der Waals surface area contributed by atoms with Crippen molar-refractivity contribution in [3.63, 3.8) is 0 Å². The molecule has 25 heavy (non-hydrogen) atoms. The van der Waals surface area contributed by atoms with Gasteiger partial charge in [0.2, 0.25) is 0 Å². The average Bonchev–Trinajstić information content (AvgIpc) is 2.58. The van der Waals surface area contributed by atoms with E-state index < -0.39 is 18.0 Å². The zero-order chi connectivity index (χ0) is 19.0. The van der Waals surface area contributed by atoms with Crippen molar-refractivity contribution >= 4 is 23.7 Å². The maximum Gasteiger partial charge on any atom is 0.344 e. The summed E-state index contributed by atoms with van der Waals surface area (Å²) in [5, 5.41) is 11.2. The Morgan fingerprint density at radius 2 is 1.88 bits per heavy atom. The van der Waals surface area contributed by atoms with Crippen molar-refractivity contribution in [1.29, 1.82) is 0 Å². The minimum Gasteiger partial charge on any atom is -0.497 e. The number of carboxylic acid groups (broad SMARTS) is 1. The highest BCUT2D eigenvalue weighted by atomic mass is 16.5. The van der Waals surface area contributed by atoms with Crippen LogP contribution in [-0.4, -0.2) is 62.4 Å². The van der Waals surface area contributed by atoms with Crippen LogP contribution in [0.25, 0.3) is 0 Å².